The minimum Gasteiger partial charge on any atom is -0.341 e. The summed E-state index contributed by atoms with van der Waals surface area (Å²) in [5.74, 6) is 0.901. The van der Waals surface area contributed by atoms with Crippen molar-refractivity contribution < 1.29 is 4.79 Å². The number of hydrogen-bond donors (Lipinski definition) is 1. The lowest BCUT2D eigenvalue weighted by molar-refractivity contribution is -0.127. The van der Waals surface area contributed by atoms with Gasteiger partial charge in [-0.3, -0.25) is 9.69 Å². The second-order valence-electron chi connectivity index (χ2n) is 4.74. The number of rotatable bonds is 3. The van der Waals surface area contributed by atoms with Crippen molar-refractivity contribution in [3.8, 4) is 0 Å². The highest BCUT2D eigenvalue weighted by Crippen LogP contribution is 2.16. The molecule has 15 heavy (non-hydrogen) atoms. The van der Waals surface area contributed by atoms with E-state index in [1.54, 1.807) is 0 Å². The number of amides is 1. The Balaban J connectivity index is 1.70. The van der Waals surface area contributed by atoms with E-state index in [1.807, 2.05) is 4.90 Å². The fraction of sp³-hybridized carbons (Fsp3) is 0.909. The maximum Gasteiger partial charge on any atom is 0.222 e. The monoisotopic (exact) mass is 211 g/mol. The van der Waals surface area contributed by atoms with E-state index in [2.05, 4.69) is 17.1 Å². The van der Waals surface area contributed by atoms with Crippen LogP contribution in [0.1, 0.15) is 13.3 Å². The molecule has 2 rings (SSSR count). The molecule has 4 heteroatoms. The second-order valence-corrected chi connectivity index (χ2v) is 4.74. The van der Waals surface area contributed by atoms with Gasteiger partial charge in [0.25, 0.3) is 0 Å². The molecule has 1 atom stereocenters. The van der Waals surface area contributed by atoms with Crippen molar-refractivity contribution in [3.63, 3.8) is 0 Å². The lowest BCUT2D eigenvalue weighted by atomic mass is 10.2. The van der Waals surface area contributed by atoms with E-state index in [-0.39, 0.29) is 0 Å². The molecule has 0 aromatic heterocycles. The Hall–Kier alpha value is -0.610. The highest BCUT2D eigenvalue weighted by atomic mass is 16.2. The third-order valence-electron chi connectivity index (χ3n) is 3.30. The fourth-order valence-corrected chi connectivity index (χ4v) is 2.38. The molecule has 0 bridgehead atoms. The number of hydrogen-bond acceptors (Lipinski definition) is 3. The van der Waals surface area contributed by atoms with Crippen LogP contribution in [-0.2, 0) is 4.79 Å². The molecule has 2 aliphatic rings. The SMILES string of the molecule is CC1CC(=O)N(CCN2CCNCC2)C1. The summed E-state index contributed by atoms with van der Waals surface area (Å²) in [5.41, 5.74) is 0. The third kappa shape index (κ3) is 2.92. The van der Waals surface area contributed by atoms with E-state index in [9.17, 15) is 4.79 Å². The van der Waals surface area contributed by atoms with Crippen LogP contribution in [0.5, 0.6) is 0 Å². The summed E-state index contributed by atoms with van der Waals surface area (Å²) < 4.78 is 0. The van der Waals surface area contributed by atoms with Crippen molar-refractivity contribution in [3.05, 3.63) is 0 Å². The van der Waals surface area contributed by atoms with Crippen molar-refractivity contribution >= 4 is 5.91 Å². The normalized spacial score (nSPS) is 28.7. The van der Waals surface area contributed by atoms with E-state index in [4.69, 9.17) is 0 Å². The Morgan fingerprint density at radius 1 is 1.33 bits per heavy atom. The quantitative estimate of drug-likeness (QED) is 0.700. The molecule has 2 fully saturated rings. The van der Waals surface area contributed by atoms with Crippen molar-refractivity contribution in [2.24, 2.45) is 5.92 Å². The van der Waals surface area contributed by atoms with Crippen molar-refractivity contribution in [1.82, 2.24) is 15.1 Å². The number of carbonyl (C=O) groups is 1. The lowest BCUT2D eigenvalue weighted by Crippen LogP contribution is -2.46. The maximum atomic E-state index is 11.6. The van der Waals surface area contributed by atoms with Crippen LogP contribution in [0, 0.1) is 5.92 Å². The molecule has 2 aliphatic heterocycles. The van der Waals surface area contributed by atoms with Crippen molar-refractivity contribution in [2.75, 3.05) is 45.8 Å². The van der Waals surface area contributed by atoms with Gasteiger partial charge in [0.2, 0.25) is 5.91 Å². The van der Waals surface area contributed by atoms with Crippen LogP contribution in [-0.4, -0.2) is 61.5 Å². The van der Waals surface area contributed by atoms with Gasteiger partial charge < -0.3 is 10.2 Å². The molecule has 86 valence electrons. The van der Waals surface area contributed by atoms with Gasteiger partial charge >= 0.3 is 0 Å². The van der Waals surface area contributed by atoms with Crippen LogP contribution < -0.4 is 5.32 Å². The molecule has 1 N–H and O–H groups in total. The summed E-state index contributed by atoms with van der Waals surface area (Å²) in [5, 5.41) is 3.34. The smallest absolute Gasteiger partial charge is 0.222 e. The zero-order valence-corrected chi connectivity index (χ0v) is 9.54. The highest BCUT2D eigenvalue weighted by molar-refractivity contribution is 5.78. The molecule has 0 saturated carbocycles. The fourth-order valence-electron chi connectivity index (χ4n) is 2.38. The molecule has 0 aliphatic carbocycles. The Labute approximate surface area is 91.6 Å². The van der Waals surface area contributed by atoms with Crippen LogP contribution >= 0.6 is 0 Å². The summed E-state index contributed by atoms with van der Waals surface area (Å²) in [4.78, 5) is 16.0. The molecule has 4 nitrogen and oxygen atoms in total. The maximum absolute atomic E-state index is 11.6. The lowest BCUT2D eigenvalue weighted by Gasteiger charge is -2.29. The summed E-state index contributed by atoms with van der Waals surface area (Å²) in [6.45, 7) is 9.50. The minimum atomic E-state index is 0.345. The molecular weight excluding hydrogens is 190 g/mol. The van der Waals surface area contributed by atoms with E-state index in [1.165, 1.54) is 0 Å². The molecular formula is C11H21N3O. The first kappa shape index (κ1) is 10.9. The van der Waals surface area contributed by atoms with Gasteiger partial charge in [0.15, 0.2) is 0 Å². The number of likely N-dealkylation sites (tertiary alicyclic amines) is 1. The number of piperazine rings is 1. The zero-order chi connectivity index (χ0) is 10.7. The highest BCUT2D eigenvalue weighted by Gasteiger charge is 2.26. The average molecular weight is 211 g/mol. The molecule has 2 heterocycles. The van der Waals surface area contributed by atoms with E-state index < -0.39 is 0 Å². The standard InChI is InChI=1S/C11H21N3O/c1-10-8-11(15)14(9-10)7-6-13-4-2-12-3-5-13/h10,12H,2-9H2,1H3. The first-order chi connectivity index (χ1) is 7.25. The molecule has 1 unspecified atom stereocenters. The molecule has 0 aromatic rings. The summed E-state index contributed by atoms with van der Waals surface area (Å²) in [6, 6.07) is 0. The van der Waals surface area contributed by atoms with Crippen molar-refractivity contribution in [2.45, 2.75) is 13.3 Å². The summed E-state index contributed by atoms with van der Waals surface area (Å²) in [7, 11) is 0. The van der Waals surface area contributed by atoms with Crippen LogP contribution in [0.25, 0.3) is 0 Å². The van der Waals surface area contributed by atoms with Gasteiger partial charge in [0.05, 0.1) is 0 Å². The summed E-state index contributed by atoms with van der Waals surface area (Å²) in [6.07, 6.45) is 0.752. The Morgan fingerprint density at radius 3 is 2.67 bits per heavy atom. The first-order valence-corrected chi connectivity index (χ1v) is 5.96. The molecule has 0 spiro atoms. The van der Waals surface area contributed by atoms with Gasteiger partial charge in [0, 0.05) is 52.2 Å². The number of carbonyl (C=O) groups excluding carboxylic acids is 1. The van der Waals surface area contributed by atoms with E-state index in [0.717, 1.165) is 52.2 Å². The largest absolute Gasteiger partial charge is 0.341 e. The van der Waals surface area contributed by atoms with Crippen molar-refractivity contribution in [1.29, 1.82) is 0 Å². The van der Waals surface area contributed by atoms with E-state index in [0.29, 0.717) is 11.8 Å². The van der Waals surface area contributed by atoms with Gasteiger partial charge in [0.1, 0.15) is 0 Å². The van der Waals surface area contributed by atoms with Crippen LogP contribution in [0.15, 0.2) is 0 Å². The van der Waals surface area contributed by atoms with Gasteiger partial charge in [-0.2, -0.15) is 0 Å². The second kappa shape index (κ2) is 4.94. The number of nitrogens with zero attached hydrogens (tertiary/aromatic N) is 2. The Morgan fingerprint density at radius 2 is 2.07 bits per heavy atom. The predicted molar refractivity (Wildman–Crippen MR) is 59.7 cm³/mol. The van der Waals surface area contributed by atoms with Crippen LogP contribution in [0.4, 0.5) is 0 Å². The molecule has 0 radical (unpaired) electrons. The third-order valence-corrected chi connectivity index (χ3v) is 3.30. The zero-order valence-electron chi connectivity index (χ0n) is 9.54. The average Bonchev–Trinajstić information content (AvgIpc) is 2.56. The van der Waals surface area contributed by atoms with Crippen LogP contribution in [0.3, 0.4) is 0 Å². The molecule has 2 saturated heterocycles. The predicted octanol–water partition coefficient (Wildman–Crippen LogP) is -0.240. The summed E-state index contributed by atoms with van der Waals surface area (Å²) >= 11 is 0. The van der Waals surface area contributed by atoms with Gasteiger partial charge in [-0.1, -0.05) is 6.92 Å². The Kier molecular flexibility index (Phi) is 3.59. The topological polar surface area (TPSA) is 35.6 Å². The van der Waals surface area contributed by atoms with E-state index >= 15 is 0 Å². The Bertz CT molecular complexity index is 226. The first-order valence-electron chi connectivity index (χ1n) is 5.96. The van der Waals surface area contributed by atoms with Gasteiger partial charge in [-0.25, -0.2) is 0 Å². The van der Waals surface area contributed by atoms with Gasteiger partial charge in [-0.05, 0) is 5.92 Å². The number of nitrogens with one attached hydrogen (secondary N) is 1. The molecule has 0 aromatic carbocycles. The van der Waals surface area contributed by atoms with Gasteiger partial charge in [-0.15, -0.1) is 0 Å². The minimum absolute atomic E-state index is 0.345. The molecule has 1 amide bonds. The van der Waals surface area contributed by atoms with Crippen LogP contribution in [0.2, 0.25) is 0 Å².